The number of aryl methyl sites for hydroxylation is 1. The minimum absolute atomic E-state index is 0.304. The van der Waals surface area contributed by atoms with Gasteiger partial charge >= 0.3 is 0 Å². The molecule has 0 atom stereocenters. The number of halogens is 1. The van der Waals surface area contributed by atoms with Crippen LogP contribution in [0, 0.1) is 24.7 Å². The zero-order chi connectivity index (χ0) is 41.4. The highest BCUT2D eigenvalue weighted by Crippen LogP contribution is 2.34. The molecule has 2 rings (SSSR count). The van der Waals surface area contributed by atoms with Gasteiger partial charge in [0.2, 0.25) is 0 Å². The van der Waals surface area contributed by atoms with Gasteiger partial charge < -0.3 is 5.32 Å². The largest absolute Gasteiger partial charge is 0.356 e. The van der Waals surface area contributed by atoms with E-state index in [2.05, 4.69) is 97.1 Å². The smallest absolute Gasteiger partial charge is 0.146 e. The Bertz CT molecular complexity index is 1300. The lowest BCUT2D eigenvalue weighted by molar-refractivity contribution is 0.206. The summed E-state index contributed by atoms with van der Waals surface area (Å²) >= 11 is 0. The predicted octanol–water partition coefficient (Wildman–Crippen LogP) is 16.8. The van der Waals surface area contributed by atoms with Crippen LogP contribution in [0.3, 0.4) is 0 Å². The number of hydrogen-bond donors (Lipinski definition) is 1. The van der Waals surface area contributed by atoms with Crippen molar-refractivity contribution < 1.29 is 4.39 Å². The summed E-state index contributed by atoms with van der Waals surface area (Å²) < 4.78 is 14.6. The monoisotopic (exact) mass is 733 g/mol. The normalized spacial score (nSPS) is 16.2. The van der Waals surface area contributed by atoms with Crippen molar-refractivity contribution in [2.75, 3.05) is 0 Å². The van der Waals surface area contributed by atoms with Gasteiger partial charge in [-0.25, -0.2) is 4.39 Å². The average molecular weight is 733 g/mol. The number of allylic oxidation sites excluding steroid dienone is 10. The number of hydrogen-bond acceptors (Lipinski definition) is 2. The third-order valence-electron chi connectivity index (χ3n) is 8.40. The molecule has 0 radical (unpaired) electrons. The van der Waals surface area contributed by atoms with Crippen LogP contribution in [0.25, 0.3) is 5.57 Å². The lowest BCUT2D eigenvalue weighted by atomic mass is 9.75. The van der Waals surface area contributed by atoms with Gasteiger partial charge in [-0.15, -0.1) is 0 Å². The standard InChI is InChI=1S/C30H39FN2.C7H14.C7H16.C4H10.C2H6/c1-10-13-15-28(31)29(14-11-2)33-25(9)24(8)30(32-12-3)20-23(7)27-17-16-26(18-21(4)5)22(6)19-27;1-3-7-4-6(2)5-7;1-3-5-7-6-4-2;1-4(2)3;1-2/h11-17,19-20,33H,4,7,10,18H2,1-3,5-6,8-9H3;6-7H,3-5H2,1-2H3;3-7H2,1-2H3;4H,1-3H3;1-2H3/b14-11-,15-13+,25-24+,29-28-,30-20+,32-12?;;;;. The molecule has 0 unspecified atom stereocenters. The molecule has 2 nitrogen and oxygen atoms in total. The Morgan fingerprint density at radius 2 is 1.51 bits per heavy atom. The van der Waals surface area contributed by atoms with Crippen molar-refractivity contribution in [2.24, 2.45) is 22.7 Å². The first-order valence-electron chi connectivity index (χ1n) is 20.9. The summed E-state index contributed by atoms with van der Waals surface area (Å²) in [4.78, 5) is 4.56. The Hall–Kier alpha value is -3.20. The highest BCUT2D eigenvalue weighted by Gasteiger charge is 2.22. The molecule has 1 aliphatic rings. The second-order valence-electron chi connectivity index (χ2n) is 14.8. The predicted molar refractivity (Wildman–Crippen MR) is 243 cm³/mol. The van der Waals surface area contributed by atoms with E-state index in [0.29, 0.717) is 5.70 Å². The van der Waals surface area contributed by atoms with E-state index in [9.17, 15) is 4.39 Å². The fourth-order valence-corrected chi connectivity index (χ4v) is 5.27. The lowest BCUT2D eigenvalue weighted by Crippen LogP contribution is -2.19. The first kappa shape index (κ1) is 54.1. The molecule has 3 heteroatoms. The van der Waals surface area contributed by atoms with Crippen LogP contribution in [0.4, 0.5) is 4.39 Å². The summed E-state index contributed by atoms with van der Waals surface area (Å²) in [6.45, 7) is 41.7. The summed E-state index contributed by atoms with van der Waals surface area (Å²) in [6, 6.07) is 6.37. The van der Waals surface area contributed by atoms with E-state index in [1.165, 1.54) is 68.6 Å². The molecule has 1 N–H and O–H groups in total. The van der Waals surface area contributed by atoms with Crippen molar-refractivity contribution in [3.05, 3.63) is 112 Å². The molecule has 1 aromatic rings. The van der Waals surface area contributed by atoms with Crippen LogP contribution in [-0.2, 0) is 6.42 Å². The number of unbranched alkanes of at least 4 members (excludes halogenated alkanes) is 4. The molecular formula is C50H85FN2. The summed E-state index contributed by atoms with van der Waals surface area (Å²) in [6.07, 6.45) is 23.6. The van der Waals surface area contributed by atoms with E-state index >= 15 is 0 Å². The molecule has 1 aromatic carbocycles. The van der Waals surface area contributed by atoms with E-state index in [1.807, 2.05) is 67.5 Å². The second-order valence-corrected chi connectivity index (χ2v) is 14.8. The number of nitrogens with zero attached hydrogens (tertiary/aromatic N) is 1. The molecular weight excluding hydrogens is 648 g/mol. The van der Waals surface area contributed by atoms with Gasteiger partial charge in [0.1, 0.15) is 5.83 Å². The SMILES string of the molecule is C=C(C)Cc1ccc(C(=C)/C=C(N=CC)\C(C)=C(/C)NC(/C=C\C)=C(F)/C=C/CC)cc1C.CC.CC(C)C.CCC1CC(C)C1.CCCCCCC. The third-order valence-corrected chi connectivity index (χ3v) is 8.40. The second kappa shape index (κ2) is 34.6. The van der Waals surface area contributed by atoms with Crippen LogP contribution >= 0.6 is 0 Å². The number of benzene rings is 1. The lowest BCUT2D eigenvalue weighted by Gasteiger charge is -2.31. The fourth-order valence-electron chi connectivity index (χ4n) is 5.27. The van der Waals surface area contributed by atoms with Crippen molar-refractivity contribution in [3.63, 3.8) is 0 Å². The molecule has 0 heterocycles. The topological polar surface area (TPSA) is 24.4 Å². The van der Waals surface area contributed by atoms with Gasteiger partial charge in [-0.05, 0) is 131 Å². The van der Waals surface area contributed by atoms with Crippen LogP contribution in [0.5, 0.6) is 0 Å². The molecule has 1 saturated carbocycles. The van der Waals surface area contributed by atoms with E-state index in [4.69, 9.17) is 0 Å². The maximum absolute atomic E-state index is 14.6. The zero-order valence-electron chi connectivity index (χ0n) is 37.7. The van der Waals surface area contributed by atoms with E-state index in [1.54, 1.807) is 18.4 Å². The Morgan fingerprint density at radius 3 is 1.91 bits per heavy atom. The van der Waals surface area contributed by atoms with E-state index in [0.717, 1.165) is 64.3 Å². The molecule has 1 aliphatic carbocycles. The summed E-state index contributed by atoms with van der Waals surface area (Å²) in [7, 11) is 0. The van der Waals surface area contributed by atoms with E-state index < -0.39 is 0 Å². The molecule has 0 aromatic heterocycles. The average Bonchev–Trinajstić information content (AvgIpc) is 3.10. The molecule has 53 heavy (non-hydrogen) atoms. The van der Waals surface area contributed by atoms with E-state index in [-0.39, 0.29) is 5.83 Å². The highest BCUT2D eigenvalue weighted by atomic mass is 19.1. The molecule has 0 aliphatic heterocycles. The van der Waals surface area contributed by atoms with Crippen molar-refractivity contribution in [1.29, 1.82) is 0 Å². The Kier molecular flexibility index (Phi) is 35.3. The Balaban J connectivity index is -0.00000101. The van der Waals surface area contributed by atoms with Gasteiger partial charge in [0.05, 0.1) is 11.4 Å². The van der Waals surface area contributed by atoms with Gasteiger partial charge in [-0.2, -0.15) is 0 Å². The quantitative estimate of drug-likeness (QED) is 0.0778. The first-order valence-corrected chi connectivity index (χ1v) is 20.9. The first-order chi connectivity index (χ1) is 25.1. The number of nitrogens with one attached hydrogen (secondary N) is 1. The Morgan fingerprint density at radius 1 is 0.943 bits per heavy atom. The van der Waals surface area contributed by atoms with Gasteiger partial charge in [-0.1, -0.05) is 157 Å². The van der Waals surface area contributed by atoms with Crippen LogP contribution in [-0.4, -0.2) is 6.21 Å². The minimum atomic E-state index is -0.304. The van der Waals surface area contributed by atoms with Crippen molar-refractivity contribution in [2.45, 2.75) is 175 Å². The zero-order valence-corrected chi connectivity index (χ0v) is 37.7. The summed E-state index contributed by atoms with van der Waals surface area (Å²) in [5.74, 6) is 2.67. The van der Waals surface area contributed by atoms with Crippen molar-refractivity contribution in [3.8, 4) is 0 Å². The summed E-state index contributed by atoms with van der Waals surface area (Å²) in [5.41, 5.74) is 8.47. The minimum Gasteiger partial charge on any atom is -0.356 e. The van der Waals surface area contributed by atoms with Crippen LogP contribution < -0.4 is 5.32 Å². The van der Waals surface area contributed by atoms with Gasteiger partial charge in [0.25, 0.3) is 0 Å². The molecule has 302 valence electrons. The molecule has 0 amide bonds. The Labute approximate surface area is 330 Å². The molecule has 0 saturated heterocycles. The highest BCUT2D eigenvalue weighted by molar-refractivity contribution is 5.75. The third kappa shape index (κ3) is 28.0. The number of rotatable bonds is 16. The maximum atomic E-state index is 14.6. The van der Waals surface area contributed by atoms with Gasteiger partial charge in [0, 0.05) is 11.9 Å². The van der Waals surface area contributed by atoms with Gasteiger partial charge in [-0.3, -0.25) is 4.99 Å². The van der Waals surface area contributed by atoms with Crippen LogP contribution in [0.15, 0.2) is 101 Å². The van der Waals surface area contributed by atoms with Crippen molar-refractivity contribution in [1.82, 2.24) is 5.32 Å². The van der Waals surface area contributed by atoms with Gasteiger partial charge in [0.15, 0.2) is 0 Å². The molecule has 0 bridgehead atoms. The van der Waals surface area contributed by atoms with Crippen LogP contribution in [0.1, 0.15) is 178 Å². The fraction of sp³-hybridized carbons (Fsp3) is 0.580. The van der Waals surface area contributed by atoms with Crippen LogP contribution in [0.2, 0.25) is 0 Å². The number of aliphatic imine (C=N–C) groups is 1. The maximum Gasteiger partial charge on any atom is 0.146 e. The molecule has 0 spiro atoms. The van der Waals surface area contributed by atoms with Crippen molar-refractivity contribution >= 4 is 11.8 Å². The summed E-state index contributed by atoms with van der Waals surface area (Å²) in [5, 5.41) is 3.21. The molecule has 1 fully saturated rings.